The first-order valence-corrected chi connectivity index (χ1v) is 11.3. The van der Waals surface area contributed by atoms with Gasteiger partial charge in [-0.3, -0.25) is 0 Å². The van der Waals surface area contributed by atoms with Gasteiger partial charge < -0.3 is 14.8 Å². The first-order chi connectivity index (χ1) is 13.3. The van der Waals surface area contributed by atoms with Crippen molar-refractivity contribution in [3.8, 4) is 11.5 Å². The van der Waals surface area contributed by atoms with E-state index in [9.17, 15) is 0 Å². The van der Waals surface area contributed by atoms with Crippen molar-refractivity contribution in [3.05, 3.63) is 23.3 Å². The molecule has 0 spiro atoms. The van der Waals surface area contributed by atoms with Crippen LogP contribution in [-0.4, -0.2) is 26.8 Å². The number of methoxy groups -OCH3 is 2. The van der Waals surface area contributed by atoms with Gasteiger partial charge >= 0.3 is 0 Å². The van der Waals surface area contributed by atoms with E-state index in [4.69, 9.17) is 9.47 Å². The summed E-state index contributed by atoms with van der Waals surface area (Å²) in [5.41, 5.74) is 2.84. The van der Waals surface area contributed by atoms with E-state index in [1.165, 1.54) is 81.8 Å². The fraction of sp³-hybridized carbons (Fsp3) is 0.750. The van der Waals surface area contributed by atoms with Crippen LogP contribution in [0.5, 0.6) is 11.5 Å². The lowest BCUT2D eigenvalue weighted by molar-refractivity contribution is 0.352. The van der Waals surface area contributed by atoms with Crippen LogP contribution >= 0.6 is 0 Å². The third kappa shape index (κ3) is 7.73. The minimum atomic E-state index is 0.606. The highest BCUT2D eigenvalue weighted by Crippen LogP contribution is 2.34. The minimum absolute atomic E-state index is 0.606. The quantitative estimate of drug-likeness (QED) is 0.400. The lowest BCUT2D eigenvalue weighted by atomic mass is 9.87. The summed E-state index contributed by atoms with van der Waals surface area (Å²) >= 11 is 0. The largest absolute Gasteiger partial charge is 0.493 e. The van der Waals surface area contributed by atoms with Crippen LogP contribution in [0, 0.1) is 0 Å². The molecule has 1 aliphatic rings. The van der Waals surface area contributed by atoms with Crippen LogP contribution < -0.4 is 14.8 Å². The Bertz CT molecular complexity index is 529. The first kappa shape index (κ1) is 22.1. The molecule has 0 saturated carbocycles. The molecule has 0 unspecified atom stereocenters. The third-order valence-corrected chi connectivity index (χ3v) is 5.90. The van der Waals surface area contributed by atoms with Crippen molar-refractivity contribution < 1.29 is 9.47 Å². The number of unbranched alkanes of at least 4 members (excludes halogenated alkanes) is 9. The molecule has 0 radical (unpaired) electrons. The van der Waals surface area contributed by atoms with Gasteiger partial charge in [0.1, 0.15) is 0 Å². The lowest BCUT2D eigenvalue weighted by Gasteiger charge is -2.26. The maximum Gasteiger partial charge on any atom is 0.161 e. The van der Waals surface area contributed by atoms with E-state index in [1.807, 2.05) is 0 Å². The van der Waals surface area contributed by atoms with Gasteiger partial charge in [0.25, 0.3) is 0 Å². The monoisotopic (exact) mass is 375 g/mol. The van der Waals surface area contributed by atoms with Crippen LogP contribution in [0.15, 0.2) is 12.1 Å². The summed E-state index contributed by atoms with van der Waals surface area (Å²) in [5, 5.41) is 3.78. The highest BCUT2D eigenvalue weighted by atomic mass is 16.5. The molecule has 1 aromatic carbocycles. The molecule has 0 amide bonds. The van der Waals surface area contributed by atoms with Crippen molar-refractivity contribution in [2.75, 3.05) is 20.8 Å². The number of aryl methyl sites for hydroxylation is 1. The van der Waals surface area contributed by atoms with Gasteiger partial charge in [-0.15, -0.1) is 0 Å². The predicted octanol–water partition coefficient (Wildman–Crippen LogP) is 6.07. The van der Waals surface area contributed by atoms with Gasteiger partial charge in [0, 0.05) is 6.04 Å². The third-order valence-electron chi connectivity index (χ3n) is 5.90. The molecule has 0 aromatic heterocycles. The molecule has 2 rings (SSSR count). The van der Waals surface area contributed by atoms with Crippen molar-refractivity contribution >= 4 is 0 Å². The summed E-state index contributed by atoms with van der Waals surface area (Å²) < 4.78 is 10.9. The number of hydrogen-bond acceptors (Lipinski definition) is 3. The van der Waals surface area contributed by atoms with E-state index >= 15 is 0 Å². The van der Waals surface area contributed by atoms with E-state index in [-0.39, 0.29) is 0 Å². The standard InChI is InChI=1S/C24H41NO2/c1-4-5-6-7-8-9-10-11-12-13-16-25-22-15-14-20-18-23(26-2)24(27-3)19-21(20)17-22/h18-19,22,25H,4-17H2,1-3H3/t22-/m0/s1. The Morgan fingerprint density at radius 3 is 1.96 bits per heavy atom. The highest BCUT2D eigenvalue weighted by Gasteiger charge is 2.20. The molecule has 154 valence electrons. The Labute approximate surface area is 167 Å². The smallest absolute Gasteiger partial charge is 0.161 e. The second-order valence-corrected chi connectivity index (χ2v) is 8.05. The molecule has 1 aromatic rings. The van der Waals surface area contributed by atoms with E-state index in [2.05, 4.69) is 24.4 Å². The molecule has 1 N–H and O–H groups in total. The Morgan fingerprint density at radius 2 is 1.37 bits per heavy atom. The summed E-state index contributed by atoms with van der Waals surface area (Å²) in [6.45, 7) is 3.44. The molecule has 1 aliphatic carbocycles. The summed E-state index contributed by atoms with van der Waals surface area (Å²) in [6, 6.07) is 4.93. The normalized spacial score (nSPS) is 16.2. The second kappa shape index (κ2) is 13.0. The Kier molecular flexibility index (Phi) is 10.7. The number of benzene rings is 1. The van der Waals surface area contributed by atoms with Crippen LogP contribution in [0.25, 0.3) is 0 Å². The van der Waals surface area contributed by atoms with Gasteiger partial charge in [-0.1, -0.05) is 64.7 Å². The number of rotatable bonds is 14. The van der Waals surface area contributed by atoms with E-state index in [0.29, 0.717) is 6.04 Å². The Balaban J connectivity index is 1.57. The van der Waals surface area contributed by atoms with Gasteiger partial charge in [-0.25, -0.2) is 0 Å². The van der Waals surface area contributed by atoms with Gasteiger partial charge in [0.05, 0.1) is 14.2 Å². The van der Waals surface area contributed by atoms with E-state index in [1.54, 1.807) is 14.2 Å². The summed E-state index contributed by atoms with van der Waals surface area (Å²) in [7, 11) is 3.43. The summed E-state index contributed by atoms with van der Waals surface area (Å²) in [5.74, 6) is 1.71. The fourth-order valence-electron chi connectivity index (χ4n) is 4.18. The molecule has 3 nitrogen and oxygen atoms in total. The van der Waals surface area contributed by atoms with Gasteiger partial charge in [0.15, 0.2) is 11.5 Å². The Hall–Kier alpha value is -1.22. The van der Waals surface area contributed by atoms with Gasteiger partial charge in [-0.05, 0) is 55.5 Å². The molecule has 0 fully saturated rings. The van der Waals surface area contributed by atoms with Gasteiger partial charge in [-0.2, -0.15) is 0 Å². The zero-order chi connectivity index (χ0) is 19.3. The van der Waals surface area contributed by atoms with E-state index < -0.39 is 0 Å². The predicted molar refractivity (Wildman–Crippen MR) is 115 cm³/mol. The fourth-order valence-corrected chi connectivity index (χ4v) is 4.18. The van der Waals surface area contributed by atoms with E-state index in [0.717, 1.165) is 30.9 Å². The number of ether oxygens (including phenoxy) is 2. The van der Waals surface area contributed by atoms with Crippen LogP contribution in [0.3, 0.4) is 0 Å². The lowest BCUT2D eigenvalue weighted by Crippen LogP contribution is -2.35. The van der Waals surface area contributed by atoms with Crippen LogP contribution in [0.1, 0.15) is 88.7 Å². The van der Waals surface area contributed by atoms with Gasteiger partial charge in [0.2, 0.25) is 0 Å². The molecular weight excluding hydrogens is 334 g/mol. The maximum absolute atomic E-state index is 5.46. The number of fused-ring (bicyclic) bond motifs is 1. The SMILES string of the molecule is CCCCCCCCCCCCN[C@H]1CCc2cc(OC)c(OC)cc2C1. The zero-order valence-electron chi connectivity index (χ0n) is 17.9. The van der Waals surface area contributed by atoms with Crippen molar-refractivity contribution in [3.63, 3.8) is 0 Å². The van der Waals surface area contributed by atoms with Crippen LogP contribution in [0.4, 0.5) is 0 Å². The molecule has 0 saturated heterocycles. The summed E-state index contributed by atoms with van der Waals surface area (Å²) in [6.07, 6.45) is 17.5. The molecule has 1 atom stereocenters. The molecule has 0 bridgehead atoms. The molecule has 27 heavy (non-hydrogen) atoms. The Morgan fingerprint density at radius 1 is 0.815 bits per heavy atom. The minimum Gasteiger partial charge on any atom is -0.493 e. The topological polar surface area (TPSA) is 30.5 Å². The zero-order valence-corrected chi connectivity index (χ0v) is 17.9. The van der Waals surface area contributed by atoms with Crippen LogP contribution in [-0.2, 0) is 12.8 Å². The first-order valence-electron chi connectivity index (χ1n) is 11.3. The average Bonchev–Trinajstić information content (AvgIpc) is 2.70. The highest BCUT2D eigenvalue weighted by molar-refractivity contribution is 5.48. The average molecular weight is 376 g/mol. The van der Waals surface area contributed by atoms with Crippen LogP contribution in [0.2, 0.25) is 0 Å². The van der Waals surface area contributed by atoms with Crippen molar-refractivity contribution in [2.24, 2.45) is 0 Å². The van der Waals surface area contributed by atoms with Crippen molar-refractivity contribution in [1.82, 2.24) is 5.32 Å². The molecule has 0 heterocycles. The number of hydrogen-bond donors (Lipinski definition) is 1. The van der Waals surface area contributed by atoms with Crippen molar-refractivity contribution in [1.29, 1.82) is 0 Å². The van der Waals surface area contributed by atoms with Crippen molar-refractivity contribution in [2.45, 2.75) is 96.4 Å². The molecule has 0 aliphatic heterocycles. The molecular formula is C24H41NO2. The maximum atomic E-state index is 5.46. The second-order valence-electron chi connectivity index (χ2n) is 8.05. The molecule has 3 heteroatoms. The summed E-state index contributed by atoms with van der Waals surface area (Å²) in [4.78, 5) is 0. The number of nitrogens with one attached hydrogen (secondary N) is 1.